The fourth-order valence-electron chi connectivity index (χ4n) is 4.63. The maximum Gasteiger partial charge on any atom is 0.329 e. The van der Waals surface area contributed by atoms with E-state index in [1.165, 1.54) is 0 Å². The molecular weight excluding hydrogens is 759 g/mol. The Kier molecular flexibility index (Phi) is 26.3. The number of pyridine rings is 2. The lowest BCUT2D eigenvalue weighted by molar-refractivity contribution is -0.150. The third-order valence-electron chi connectivity index (χ3n) is 7.38. The maximum absolute atomic E-state index is 12.6. The number of unbranched alkanes of at least 4 members (excludes halogenated alkanes) is 6. The molecular formula is C36H51N5O8S4. The summed E-state index contributed by atoms with van der Waals surface area (Å²) in [7, 11) is 6.34. The highest BCUT2D eigenvalue weighted by Gasteiger charge is 2.17. The lowest BCUT2D eigenvalue weighted by Crippen LogP contribution is -2.50. The van der Waals surface area contributed by atoms with Gasteiger partial charge in [-0.15, -0.1) is 0 Å². The number of nitrogens with one attached hydrogen (secondary N) is 2. The minimum atomic E-state index is -1.22. The van der Waals surface area contributed by atoms with Crippen LogP contribution in [0.3, 0.4) is 0 Å². The van der Waals surface area contributed by atoms with Gasteiger partial charge in [0.1, 0.15) is 34.8 Å². The molecule has 17 heteroatoms. The summed E-state index contributed by atoms with van der Waals surface area (Å²) in [5, 5.41) is 14.4. The van der Waals surface area contributed by atoms with Crippen molar-refractivity contribution in [2.75, 3.05) is 37.8 Å². The van der Waals surface area contributed by atoms with Crippen LogP contribution in [0.1, 0.15) is 89.9 Å². The highest BCUT2D eigenvalue weighted by Crippen LogP contribution is 2.30. The van der Waals surface area contributed by atoms with Crippen LogP contribution in [0, 0.1) is 0 Å². The molecule has 0 aliphatic heterocycles. The predicted octanol–water partition coefficient (Wildman–Crippen LogP) is 6.33. The molecule has 0 aromatic carbocycles. The van der Waals surface area contributed by atoms with Crippen LogP contribution >= 0.6 is 43.2 Å². The van der Waals surface area contributed by atoms with Crippen molar-refractivity contribution in [3.05, 3.63) is 48.8 Å². The van der Waals surface area contributed by atoms with Crippen molar-refractivity contribution in [3.8, 4) is 0 Å². The number of carboxylic acid groups (broad SMARTS) is 1. The number of rotatable bonds is 31. The van der Waals surface area contributed by atoms with Crippen LogP contribution in [-0.2, 0) is 33.5 Å². The minimum Gasteiger partial charge on any atom is -0.480 e. The molecule has 2 heterocycles. The molecule has 0 aliphatic carbocycles. The zero-order valence-electron chi connectivity index (χ0n) is 30.0. The van der Waals surface area contributed by atoms with Crippen molar-refractivity contribution in [1.29, 1.82) is 0 Å². The molecule has 2 aromatic heterocycles. The first kappa shape index (κ1) is 46.0. The fraction of sp³-hybridized carbons (Fsp3) is 0.556. The zero-order chi connectivity index (χ0) is 38.4. The van der Waals surface area contributed by atoms with E-state index < -0.39 is 25.1 Å². The number of carboxylic acids is 1. The van der Waals surface area contributed by atoms with Gasteiger partial charge < -0.3 is 15.2 Å². The molecule has 3 N–H and O–H groups in total. The number of ether oxygens (including phenoxy) is 1. The monoisotopic (exact) mass is 809 g/mol. The molecule has 2 aromatic rings. The summed E-state index contributed by atoms with van der Waals surface area (Å²) >= 11 is 0. The Bertz CT molecular complexity index is 1380. The summed E-state index contributed by atoms with van der Waals surface area (Å²) in [6.07, 6.45) is 12.0. The molecule has 13 nitrogen and oxygen atoms in total. The molecule has 0 saturated carbocycles. The number of ketones is 2. The highest BCUT2D eigenvalue weighted by molar-refractivity contribution is 8.77. The van der Waals surface area contributed by atoms with Gasteiger partial charge in [-0.05, 0) is 71.5 Å². The van der Waals surface area contributed by atoms with Gasteiger partial charge in [0.2, 0.25) is 11.8 Å². The predicted molar refractivity (Wildman–Crippen MR) is 211 cm³/mol. The number of nitrogens with zero attached hydrogens (tertiary/aromatic N) is 3. The van der Waals surface area contributed by atoms with Gasteiger partial charge in [0.15, 0.2) is 0 Å². The SMILES string of the molecule is O=C(O)COCC(=O)N(CCNC(=O)CCCCCCC(=O)CCSSc1ccccn1)NC(=O)CCCCCCC(=O)CCSSc1ccccn1. The van der Waals surface area contributed by atoms with Crippen molar-refractivity contribution >= 4 is 78.4 Å². The summed E-state index contributed by atoms with van der Waals surface area (Å²) in [5.41, 5.74) is 2.55. The zero-order valence-corrected chi connectivity index (χ0v) is 33.3. The molecule has 0 unspecified atom stereocenters. The van der Waals surface area contributed by atoms with E-state index >= 15 is 0 Å². The second kappa shape index (κ2) is 30.2. The average Bonchev–Trinajstić information content (AvgIpc) is 3.15. The van der Waals surface area contributed by atoms with Crippen LogP contribution in [-0.4, -0.2) is 93.1 Å². The summed E-state index contributed by atoms with van der Waals surface area (Å²) in [6, 6.07) is 11.4. The number of hydrogen-bond acceptors (Lipinski definition) is 13. The van der Waals surface area contributed by atoms with E-state index in [0.717, 1.165) is 65.1 Å². The second-order valence-corrected chi connectivity index (χ2v) is 16.7. The van der Waals surface area contributed by atoms with E-state index in [0.29, 0.717) is 44.9 Å². The molecule has 0 atom stereocenters. The van der Waals surface area contributed by atoms with Crippen LogP contribution in [0.2, 0.25) is 0 Å². The van der Waals surface area contributed by atoms with Gasteiger partial charge in [-0.25, -0.2) is 14.8 Å². The number of aliphatic carboxylic acids is 1. The van der Waals surface area contributed by atoms with Crippen molar-refractivity contribution < 1.29 is 38.6 Å². The molecule has 0 aliphatic rings. The third kappa shape index (κ3) is 25.5. The van der Waals surface area contributed by atoms with Gasteiger partial charge >= 0.3 is 5.97 Å². The van der Waals surface area contributed by atoms with Gasteiger partial charge in [-0.3, -0.25) is 34.4 Å². The van der Waals surface area contributed by atoms with Gasteiger partial charge in [-0.2, -0.15) is 0 Å². The van der Waals surface area contributed by atoms with E-state index in [1.807, 2.05) is 36.4 Å². The van der Waals surface area contributed by atoms with Crippen molar-refractivity contribution in [2.45, 2.75) is 99.9 Å². The normalized spacial score (nSPS) is 10.8. The average molecular weight is 810 g/mol. The van der Waals surface area contributed by atoms with E-state index in [4.69, 9.17) is 9.84 Å². The number of carbonyl (C=O) groups is 6. The lowest BCUT2D eigenvalue weighted by atomic mass is 10.1. The van der Waals surface area contributed by atoms with E-state index in [2.05, 4.69) is 20.7 Å². The maximum atomic E-state index is 12.6. The fourth-order valence-corrected chi connectivity index (χ4v) is 8.45. The molecule has 0 fully saturated rings. The lowest BCUT2D eigenvalue weighted by Gasteiger charge is -2.23. The van der Waals surface area contributed by atoms with Gasteiger partial charge in [-0.1, -0.05) is 59.4 Å². The Balaban J connectivity index is 1.54. The van der Waals surface area contributed by atoms with Crippen LogP contribution < -0.4 is 10.7 Å². The van der Waals surface area contributed by atoms with Crippen LogP contribution in [0.4, 0.5) is 0 Å². The Morgan fingerprint density at radius 2 is 1.15 bits per heavy atom. The smallest absolute Gasteiger partial charge is 0.329 e. The number of hydrogen-bond donors (Lipinski definition) is 3. The first-order chi connectivity index (χ1) is 25.7. The van der Waals surface area contributed by atoms with Crippen molar-refractivity contribution in [1.82, 2.24) is 25.7 Å². The summed E-state index contributed by atoms with van der Waals surface area (Å²) in [6.45, 7) is -1.13. The molecule has 53 heavy (non-hydrogen) atoms. The van der Waals surface area contributed by atoms with Gasteiger partial charge in [0.05, 0.1) is 6.54 Å². The molecule has 0 saturated heterocycles. The number of Topliss-reactive ketones (excluding diaryl/α,β-unsaturated/α-hetero) is 2. The molecule has 0 spiro atoms. The van der Waals surface area contributed by atoms with Gasteiger partial charge in [0.25, 0.3) is 5.91 Å². The van der Waals surface area contributed by atoms with Crippen molar-refractivity contribution in [2.24, 2.45) is 0 Å². The Morgan fingerprint density at radius 1 is 0.642 bits per heavy atom. The second-order valence-electron chi connectivity index (χ2n) is 11.9. The van der Waals surface area contributed by atoms with E-state index in [9.17, 15) is 28.8 Å². The summed E-state index contributed by atoms with van der Waals surface area (Å²) in [4.78, 5) is 81.2. The number of hydrazine groups is 1. The minimum absolute atomic E-state index is 0.0196. The Hall–Kier alpha value is -3.12. The van der Waals surface area contributed by atoms with Crippen molar-refractivity contribution in [3.63, 3.8) is 0 Å². The molecule has 2 rings (SSSR count). The third-order valence-corrected chi connectivity index (χ3v) is 11.9. The quantitative estimate of drug-likeness (QED) is 0.0436. The summed E-state index contributed by atoms with van der Waals surface area (Å²) < 4.78 is 4.90. The molecule has 3 amide bonds. The topological polar surface area (TPSA) is 185 Å². The largest absolute Gasteiger partial charge is 0.480 e. The highest BCUT2D eigenvalue weighted by atomic mass is 33.1. The first-order valence-electron chi connectivity index (χ1n) is 17.8. The van der Waals surface area contributed by atoms with Crippen LogP contribution in [0.15, 0.2) is 58.8 Å². The molecule has 0 radical (unpaired) electrons. The number of aromatic nitrogens is 2. The first-order valence-corrected chi connectivity index (χ1v) is 22.5. The Morgan fingerprint density at radius 3 is 1.64 bits per heavy atom. The van der Waals surface area contributed by atoms with E-state index in [-0.39, 0.29) is 42.9 Å². The van der Waals surface area contributed by atoms with Gasteiger partial charge in [0, 0.05) is 69.0 Å². The molecule has 0 bridgehead atoms. The van der Waals surface area contributed by atoms with Crippen LogP contribution in [0.25, 0.3) is 0 Å². The number of carbonyl (C=O) groups excluding carboxylic acids is 5. The van der Waals surface area contributed by atoms with E-state index in [1.54, 1.807) is 55.6 Å². The standard InChI is InChI=1S/C36H51N5O8S4/c42-29(19-25-50-52-33-17-9-11-21-38-33)13-5-1-3-7-15-31(44)37-23-24-41(35(46)27-49-28-36(47)48)40-32(45)16-8-4-2-6-14-30(43)20-26-51-53-34-18-10-12-22-39-34/h9-12,17-18,21-22H,1-8,13-16,19-20,23-28H2,(H,37,44)(H,40,45)(H,47,48). The Labute approximate surface area is 327 Å². The number of amides is 3. The van der Waals surface area contributed by atoms with Crippen LogP contribution in [0.5, 0.6) is 0 Å². The molecule has 292 valence electrons. The summed E-state index contributed by atoms with van der Waals surface area (Å²) in [5.74, 6) is -0.530.